The van der Waals surface area contributed by atoms with E-state index in [1.807, 2.05) is 68.1 Å². The maximum atomic E-state index is 13.9. The molecule has 5 rings (SSSR count). The Morgan fingerprint density at radius 3 is 2.26 bits per heavy atom. The van der Waals surface area contributed by atoms with Crippen molar-refractivity contribution >= 4 is 28.8 Å². The van der Waals surface area contributed by atoms with Gasteiger partial charge in [0.1, 0.15) is 11.4 Å². The maximum Gasteiger partial charge on any atom is 0.282 e. The minimum absolute atomic E-state index is 0.0430. The lowest BCUT2D eigenvalue weighted by atomic mass is 9.98. The highest BCUT2D eigenvalue weighted by Crippen LogP contribution is 2.39. The third kappa shape index (κ3) is 3.87. The molecule has 3 aromatic carbocycles. The van der Waals surface area contributed by atoms with Crippen molar-refractivity contribution < 1.29 is 14.3 Å². The molecule has 2 aliphatic heterocycles. The van der Waals surface area contributed by atoms with Crippen LogP contribution < -0.4 is 14.5 Å². The molecule has 172 valence electrons. The number of fused-ring (bicyclic) bond motifs is 1. The van der Waals surface area contributed by atoms with Crippen LogP contribution in [-0.4, -0.2) is 24.5 Å². The number of rotatable bonds is 5. The standard InChI is InChI=1S/C29H28N2O3/c1-19(2)34-24-16-14-23(15-17-24)31-28(32)26(22-12-10-20(3)11-13-22)27(29(31)33)30-18-6-8-21-7-4-5-9-25(21)30/h4-5,7,9-17,19H,6,8,18H2,1-3H3. The first-order chi connectivity index (χ1) is 16.4. The van der Waals surface area contributed by atoms with Crippen molar-refractivity contribution in [1.82, 2.24) is 0 Å². The van der Waals surface area contributed by atoms with E-state index in [-0.39, 0.29) is 17.9 Å². The Bertz CT molecular complexity index is 1270. The predicted octanol–water partition coefficient (Wildman–Crippen LogP) is 5.52. The molecule has 2 aliphatic rings. The van der Waals surface area contributed by atoms with E-state index in [9.17, 15) is 9.59 Å². The van der Waals surface area contributed by atoms with Gasteiger partial charge in [-0.1, -0.05) is 48.0 Å². The summed E-state index contributed by atoms with van der Waals surface area (Å²) >= 11 is 0. The maximum absolute atomic E-state index is 13.9. The van der Waals surface area contributed by atoms with Crippen LogP contribution in [0.15, 0.2) is 78.5 Å². The van der Waals surface area contributed by atoms with E-state index >= 15 is 0 Å². The van der Waals surface area contributed by atoms with Gasteiger partial charge >= 0.3 is 0 Å². The highest BCUT2D eigenvalue weighted by atomic mass is 16.5. The van der Waals surface area contributed by atoms with E-state index in [0.717, 1.165) is 29.7 Å². The Labute approximate surface area is 200 Å². The quantitative estimate of drug-likeness (QED) is 0.479. The van der Waals surface area contributed by atoms with Crippen molar-refractivity contribution in [3.63, 3.8) is 0 Å². The number of nitrogens with zero attached hydrogens (tertiary/aromatic N) is 2. The zero-order chi connectivity index (χ0) is 23.8. The van der Waals surface area contributed by atoms with Crippen molar-refractivity contribution in [3.8, 4) is 5.75 Å². The van der Waals surface area contributed by atoms with Gasteiger partial charge in [-0.3, -0.25) is 9.59 Å². The van der Waals surface area contributed by atoms with Crippen LogP contribution in [0.4, 0.5) is 11.4 Å². The van der Waals surface area contributed by atoms with Crippen molar-refractivity contribution in [3.05, 3.63) is 95.2 Å². The lowest BCUT2D eigenvalue weighted by Gasteiger charge is -2.32. The summed E-state index contributed by atoms with van der Waals surface area (Å²) in [4.78, 5) is 31.1. The molecular formula is C29H28N2O3. The van der Waals surface area contributed by atoms with Gasteiger partial charge in [-0.15, -0.1) is 0 Å². The van der Waals surface area contributed by atoms with Crippen molar-refractivity contribution in [2.45, 2.75) is 39.7 Å². The number of carbonyl (C=O) groups is 2. The number of ether oxygens (including phenoxy) is 1. The zero-order valence-corrected chi connectivity index (χ0v) is 19.7. The number of imide groups is 1. The molecule has 0 aromatic heterocycles. The lowest BCUT2D eigenvalue weighted by molar-refractivity contribution is -0.120. The first kappa shape index (κ1) is 22.0. The smallest absolute Gasteiger partial charge is 0.282 e. The summed E-state index contributed by atoms with van der Waals surface area (Å²) in [6.07, 6.45) is 1.93. The molecular weight excluding hydrogens is 424 g/mol. The Hall–Kier alpha value is -3.86. The Morgan fingerprint density at radius 1 is 0.853 bits per heavy atom. The van der Waals surface area contributed by atoms with Gasteiger partial charge in [-0.2, -0.15) is 0 Å². The second-order valence-corrected chi connectivity index (χ2v) is 9.08. The first-order valence-corrected chi connectivity index (χ1v) is 11.8. The van der Waals surface area contributed by atoms with E-state index in [1.165, 1.54) is 10.5 Å². The Balaban J connectivity index is 1.61. The third-order valence-corrected chi connectivity index (χ3v) is 6.25. The topological polar surface area (TPSA) is 49.9 Å². The summed E-state index contributed by atoms with van der Waals surface area (Å²) in [5.74, 6) is 0.106. The predicted molar refractivity (Wildman–Crippen MR) is 135 cm³/mol. The van der Waals surface area contributed by atoms with Crippen LogP contribution in [-0.2, 0) is 16.0 Å². The second-order valence-electron chi connectivity index (χ2n) is 9.08. The van der Waals surface area contributed by atoms with Gasteiger partial charge in [0.15, 0.2) is 0 Å². The number of carbonyl (C=O) groups excluding carboxylic acids is 2. The average Bonchev–Trinajstić information content (AvgIpc) is 3.09. The molecule has 0 unspecified atom stereocenters. The molecule has 0 bridgehead atoms. The largest absolute Gasteiger partial charge is 0.491 e. The van der Waals surface area contributed by atoms with Crippen LogP contribution in [0.2, 0.25) is 0 Å². The van der Waals surface area contributed by atoms with E-state index in [1.54, 1.807) is 24.3 Å². The minimum atomic E-state index is -0.301. The van der Waals surface area contributed by atoms with Crippen LogP contribution in [0, 0.1) is 6.92 Å². The van der Waals surface area contributed by atoms with Crippen molar-refractivity contribution in [1.29, 1.82) is 0 Å². The molecule has 0 spiro atoms. The fourth-order valence-corrected chi connectivity index (χ4v) is 4.70. The number of hydrogen-bond donors (Lipinski definition) is 0. The Kier molecular flexibility index (Phi) is 5.70. The van der Waals surface area contributed by atoms with E-state index in [2.05, 4.69) is 6.07 Å². The van der Waals surface area contributed by atoms with Gasteiger partial charge in [0.2, 0.25) is 0 Å². The molecule has 5 heteroatoms. The summed E-state index contributed by atoms with van der Waals surface area (Å²) in [5.41, 5.74) is 5.48. The number of hydrogen-bond acceptors (Lipinski definition) is 4. The fraction of sp³-hybridized carbons (Fsp3) is 0.241. The number of amides is 2. The normalized spacial score (nSPS) is 15.9. The number of benzene rings is 3. The molecule has 2 amide bonds. The van der Waals surface area contributed by atoms with Gasteiger partial charge in [0.25, 0.3) is 11.8 Å². The Morgan fingerprint density at radius 2 is 1.56 bits per heavy atom. The molecule has 5 nitrogen and oxygen atoms in total. The summed E-state index contributed by atoms with van der Waals surface area (Å²) in [7, 11) is 0. The summed E-state index contributed by atoms with van der Waals surface area (Å²) in [5, 5.41) is 0. The minimum Gasteiger partial charge on any atom is -0.491 e. The fourth-order valence-electron chi connectivity index (χ4n) is 4.70. The van der Waals surface area contributed by atoms with Crippen LogP contribution in [0.25, 0.3) is 5.57 Å². The van der Waals surface area contributed by atoms with Crippen LogP contribution >= 0.6 is 0 Å². The van der Waals surface area contributed by atoms with Crippen LogP contribution in [0.3, 0.4) is 0 Å². The zero-order valence-electron chi connectivity index (χ0n) is 19.7. The SMILES string of the molecule is Cc1ccc(C2=C(N3CCCc4ccccc43)C(=O)N(c3ccc(OC(C)C)cc3)C2=O)cc1. The lowest BCUT2D eigenvalue weighted by Crippen LogP contribution is -2.37. The van der Waals surface area contributed by atoms with Crippen molar-refractivity contribution in [2.24, 2.45) is 0 Å². The second kappa shape index (κ2) is 8.82. The average molecular weight is 453 g/mol. The molecule has 0 atom stereocenters. The van der Waals surface area contributed by atoms with Gasteiger partial charge in [0, 0.05) is 12.2 Å². The number of aryl methyl sites for hydroxylation is 2. The monoisotopic (exact) mass is 452 g/mol. The van der Waals surface area contributed by atoms with Gasteiger partial charge in [0.05, 0.1) is 17.4 Å². The van der Waals surface area contributed by atoms with E-state index < -0.39 is 0 Å². The van der Waals surface area contributed by atoms with E-state index in [4.69, 9.17) is 4.74 Å². The van der Waals surface area contributed by atoms with Gasteiger partial charge in [-0.05, 0) is 75.1 Å². The molecule has 0 radical (unpaired) electrons. The molecule has 2 heterocycles. The van der Waals surface area contributed by atoms with Crippen molar-refractivity contribution in [2.75, 3.05) is 16.3 Å². The van der Waals surface area contributed by atoms with Crippen LogP contribution in [0.5, 0.6) is 5.75 Å². The first-order valence-electron chi connectivity index (χ1n) is 11.8. The van der Waals surface area contributed by atoms with Crippen LogP contribution in [0.1, 0.15) is 37.0 Å². The highest BCUT2D eigenvalue weighted by Gasteiger charge is 2.43. The molecule has 34 heavy (non-hydrogen) atoms. The molecule has 0 saturated carbocycles. The third-order valence-electron chi connectivity index (χ3n) is 6.25. The number of para-hydroxylation sites is 1. The molecule has 0 saturated heterocycles. The molecule has 0 fully saturated rings. The van der Waals surface area contributed by atoms with Gasteiger partial charge in [-0.25, -0.2) is 4.90 Å². The highest BCUT2D eigenvalue weighted by molar-refractivity contribution is 6.46. The summed E-state index contributed by atoms with van der Waals surface area (Å²) in [6, 6.07) is 23.1. The summed E-state index contributed by atoms with van der Waals surface area (Å²) < 4.78 is 5.74. The van der Waals surface area contributed by atoms with Gasteiger partial charge < -0.3 is 9.64 Å². The molecule has 0 N–H and O–H groups in total. The molecule has 0 aliphatic carbocycles. The number of anilines is 2. The van der Waals surface area contributed by atoms with E-state index in [0.29, 0.717) is 29.3 Å². The summed E-state index contributed by atoms with van der Waals surface area (Å²) in [6.45, 7) is 6.62. The molecule has 3 aromatic rings.